The summed E-state index contributed by atoms with van der Waals surface area (Å²) in [6.07, 6.45) is -8.42. The van der Waals surface area contributed by atoms with Crippen molar-refractivity contribution in [2.45, 2.75) is 177 Å². The summed E-state index contributed by atoms with van der Waals surface area (Å²) >= 11 is 0. The van der Waals surface area contributed by atoms with Crippen LogP contribution in [0.3, 0.4) is 0 Å². The number of aliphatic hydroxyl groups excluding tert-OH is 6. The van der Waals surface area contributed by atoms with Gasteiger partial charge >= 0.3 is 0 Å². The van der Waals surface area contributed by atoms with Gasteiger partial charge in [-0.2, -0.15) is 0 Å². The lowest BCUT2D eigenvalue weighted by Crippen LogP contribution is -2.64. The molecule has 0 radical (unpaired) electrons. The summed E-state index contributed by atoms with van der Waals surface area (Å²) < 4.78 is 37.1. The minimum atomic E-state index is -1.66. The van der Waals surface area contributed by atoms with E-state index in [1.807, 2.05) is 0 Å². The molecule has 4 aliphatic heterocycles. The van der Waals surface area contributed by atoms with Crippen molar-refractivity contribution < 1.29 is 69.0 Å². The Morgan fingerprint density at radius 2 is 1.57 bits per heavy atom. The van der Waals surface area contributed by atoms with E-state index in [0.29, 0.717) is 44.6 Å². The molecule has 22 atom stereocenters. The second-order valence-corrected chi connectivity index (χ2v) is 18.7. The number of Topliss-reactive ketones (excluding diaryl/α,β-unsaturated/α-hetero) is 1. The first-order chi connectivity index (χ1) is 25.0. The average molecular weight is 755 g/mol. The van der Waals surface area contributed by atoms with Gasteiger partial charge in [0.1, 0.15) is 54.1 Å². The molecule has 14 nitrogen and oxygen atoms in total. The number of rotatable bonds is 5. The number of fused-ring (bicyclic) bond motifs is 7. The van der Waals surface area contributed by atoms with Crippen LogP contribution in [0.25, 0.3) is 0 Å². The number of carbonyl (C=O) groups is 1. The molecule has 22 unspecified atom stereocenters. The SMILES string of the molecule is CC1CCC2(OC1)OC1CC3C4CC(=O)C5CC(OC6OC(CO)C(O)C(O)C6OC6OC(C)C(O)C(O)C6O)CCC5(C)C4CCC3(C)C1(O)C2C. The number of carbonyl (C=O) groups excluding carboxylic acids is 1. The molecule has 0 amide bonds. The lowest BCUT2D eigenvalue weighted by Gasteiger charge is -2.61. The number of ether oxygens (including phenoxy) is 6. The molecule has 53 heavy (non-hydrogen) atoms. The highest BCUT2D eigenvalue weighted by Gasteiger charge is 2.77. The molecular formula is C39H62O14. The third kappa shape index (κ3) is 5.71. The maximum Gasteiger partial charge on any atom is 0.187 e. The molecule has 4 aliphatic carbocycles. The molecule has 7 N–H and O–H groups in total. The molecule has 0 aromatic rings. The zero-order valence-corrected chi connectivity index (χ0v) is 31.7. The van der Waals surface area contributed by atoms with Crippen LogP contribution in [0.15, 0.2) is 0 Å². The van der Waals surface area contributed by atoms with Crippen LogP contribution in [-0.2, 0) is 33.2 Å². The summed E-state index contributed by atoms with van der Waals surface area (Å²) in [5.74, 6) is 0.00822. The van der Waals surface area contributed by atoms with Crippen molar-refractivity contribution in [3.8, 4) is 0 Å². The second kappa shape index (κ2) is 13.6. The van der Waals surface area contributed by atoms with Crippen molar-refractivity contribution in [2.75, 3.05) is 13.2 Å². The van der Waals surface area contributed by atoms with Gasteiger partial charge in [-0.05, 0) is 81.0 Å². The van der Waals surface area contributed by atoms with Crippen molar-refractivity contribution in [3.63, 3.8) is 0 Å². The van der Waals surface area contributed by atoms with E-state index in [2.05, 4.69) is 27.7 Å². The van der Waals surface area contributed by atoms with Gasteiger partial charge in [0.15, 0.2) is 18.4 Å². The Labute approximate surface area is 311 Å². The first kappa shape index (κ1) is 39.0. The highest BCUT2D eigenvalue weighted by atomic mass is 16.8. The summed E-state index contributed by atoms with van der Waals surface area (Å²) in [7, 11) is 0. The van der Waals surface area contributed by atoms with Gasteiger partial charge in [0.05, 0.1) is 31.5 Å². The van der Waals surface area contributed by atoms with Crippen molar-refractivity contribution in [1.29, 1.82) is 0 Å². The molecule has 1 spiro atoms. The van der Waals surface area contributed by atoms with Crippen LogP contribution in [0, 0.1) is 46.3 Å². The summed E-state index contributed by atoms with van der Waals surface area (Å²) in [5.41, 5.74) is -1.72. The lowest BCUT2D eigenvalue weighted by molar-refractivity contribution is -0.370. The molecule has 0 aromatic carbocycles. The van der Waals surface area contributed by atoms with Gasteiger partial charge in [0.25, 0.3) is 0 Å². The summed E-state index contributed by atoms with van der Waals surface area (Å²) in [6.45, 7) is 10.3. The maximum absolute atomic E-state index is 14.3. The van der Waals surface area contributed by atoms with Gasteiger partial charge in [-0.1, -0.05) is 27.7 Å². The predicted molar refractivity (Wildman–Crippen MR) is 183 cm³/mol. The summed E-state index contributed by atoms with van der Waals surface area (Å²) in [5, 5.41) is 75.6. The van der Waals surface area contributed by atoms with Crippen LogP contribution in [0.1, 0.15) is 92.4 Å². The Bertz CT molecular complexity index is 1380. The molecule has 0 bridgehead atoms. The molecule has 8 fully saturated rings. The molecule has 8 aliphatic rings. The standard InChI is InChI=1S/C39H62O14/c1-17-6-11-38(48-16-17)19(3)39(47)27(53-38)14-23-21-13-25(41)24-12-20(7-9-36(24,4)22(21)8-10-37(23,39)5)50-35-33(31(45)29(43)26(15-40)51-35)52-34-32(46)30(44)28(42)18(2)49-34/h17-24,26-35,40,42-47H,6-16H2,1-5H3. The number of ketones is 1. The molecule has 4 saturated carbocycles. The highest BCUT2D eigenvalue weighted by Crippen LogP contribution is 2.72. The van der Waals surface area contributed by atoms with Crippen LogP contribution in [0.4, 0.5) is 0 Å². The number of hydrogen-bond donors (Lipinski definition) is 7. The van der Waals surface area contributed by atoms with E-state index in [0.717, 1.165) is 25.7 Å². The predicted octanol–water partition coefficient (Wildman–Crippen LogP) is 0.764. The maximum atomic E-state index is 14.3. The van der Waals surface area contributed by atoms with Crippen molar-refractivity contribution in [3.05, 3.63) is 0 Å². The van der Waals surface area contributed by atoms with Crippen LogP contribution >= 0.6 is 0 Å². The largest absolute Gasteiger partial charge is 0.394 e. The zero-order chi connectivity index (χ0) is 38.0. The Kier molecular flexibility index (Phi) is 10.0. The van der Waals surface area contributed by atoms with E-state index in [1.165, 1.54) is 6.92 Å². The monoisotopic (exact) mass is 754 g/mol. The van der Waals surface area contributed by atoms with E-state index in [4.69, 9.17) is 28.4 Å². The van der Waals surface area contributed by atoms with Crippen LogP contribution in [-0.4, -0.2) is 140 Å². The first-order valence-corrected chi connectivity index (χ1v) is 20.2. The summed E-state index contributed by atoms with van der Waals surface area (Å²) in [6, 6.07) is 0. The molecule has 14 heteroatoms. The third-order valence-electron chi connectivity index (χ3n) is 16.2. The summed E-state index contributed by atoms with van der Waals surface area (Å²) in [4.78, 5) is 14.3. The highest BCUT2D eigenvalue weighted by molar-refractivity contribution is 5.83. The van der Waals surface area contributed by atoms with Gasteiger partial charge < -0.3 is 64.2 Å². The van der Waals surface area contributed by atoms with Crippen molar-refractivity contribution in [2.24, 2.45) is 46.3 Å². The minimum absolute atomic E-state index is 0.133. The van der Waals surface area contributed by atoms with E-state index < -0.39 is 90.9 Å². The van der Waals surface area contributed by atoms with Crippen molar-refractivity contribution >= 4 is 5.78 Å². The van der Waals surface area contributed by atoms with Gasteiger partial charge in [-0.3, -0.25) is 4.79 Å². The van der Waals surface area contributed by atoms with E-state index in [1.54, 1.807) is 0 Å². The van der Waals surface area contributed by atoms with E-state index in [9.17, 15) is 40.5 Å². The number of aliphatic hydroxyl groups is 7. The molecular weight excluding hydrogens is 692 g/mol. The fraction of sp³-hybridized carbons (Fsp3) is 0.974. The minimum Gasteiger partial charge on any atom is -0.394 e. The molecule has 4 heterocycles. The smallest absolute Gasteiger partial charge is 0.187 e. The normalized spacial score (nSPS) is 59.6. The van der Waals surface area contributed by atoms with E-state index >= 15 is 0 Å². The van der Waals surface area contributed by atoms with Gasteiger partial charge in [-0.25, -0.2) is 0 Å². The average Bonchev–Trinajstić information content (AvgIpc) is 3.48. The van der Waals surface area contributed by atoms with E-state index in [-0.39, 0.29) is 46.9 Å². The zero-order valence-electron chi connectivity index (χ0n) is 31.7. The Morgan fingerprint density at radius 1 is 0.811 bits per heavy atom. The van der Waals surface area contributed by atoms with Crippen molar-refractivity contribution in [1.82, 2.24) is 0 Å². The molecule has 302 valence electrons. The Morgan fingerprint density at radius 3 is 2.26 bits per heavy atom. The van der Waals surface area contributed by atoms with Crippen LogP contribution in [0.2, 0.25) is 0 Å². The number of hydrogen-bond acceptors (Lipinski definition) is 14. The van der Waals surface area contributed by atoms with Gasteiger partial charge in [-0.15, -0.1) is 0 Å². The topological polar surface area (TPSA) is 214 Å². The Balaban J connectivity index is 0.976. The molecule has 4 saturated heterocycles. The van der Waals surface area contributed by atoms with Gasteiger partial charge in [0, 0.05) is 30.1 Å². The first-order valence-electron chi connectivity index (χ1n) is 20.2. The fourth-order valence-electron chi connectivity index (χ4n) is 12.9. The second-order valence-electron chi connectivity index (χ2n) is 18.7. The van der Waals surface area contributed by atoms with Crippen LogP contribution < -0.4 is 0 Å². The van der Waals surface area contributed by atoms with Crippen LogP contribution in [0.5, 0.6) is 0 Å². The van der Waals surface area contributed by atoms with Gasteiger partial charge in [0.2, 0.25) is 0 Å². The Hall–Kier alpha value is -0.850. The molecule has 8 rings (SSSR count). The third-order valence-corrected chi connectivity index (χ3v) is 16.2. The quantitative estimate of drug-likeness (QED) is 0.193. The fourth-order valence-corrected chi connectivity index (χ4v) is 12.9. The molecule has 0 aromatic heterocycles. The lowest BCUT2D eigenvalue weighted by atomic mass is 9.43.